The molecular weight excluding hydrogens is 782 g/mol. The van der Waals surface area contributed by atoms with Gasteiger partial charge >= 0.3 is 5.97 Å². The molecule has 0 aromatic heterocycles. The van der Waals surface area contributed by atoms with Gasteiger partial charge in [0.05, 0.1) is 34.4 Å². The average Bonchev–Trinajstić information content (AvgIpc) is 3.22. The molecule has 0 fully saturated rings. The number of phosphoric ester groups is 1. The fourth-order valence-electron chi connectivity index (χ4n) is 8.02. The van der Waals surface area contributed by atoms with E-state index in [0.717, 1.165) is 32.1 Å². The van der Waals surface area contributed by atoms with Gasteiger partial charge in [-0.05, 0) is 12.8 Å². The van der Waals surface area contributed by atoms with E-state index in [1.807, 2.05) is 21.1 Å². The van der Waals surface area contributed by atoms with Crippen molar-refractivity contribution in [2.75, 3.05) is 54.1 Å². The molecule has 0 spiro atoms. The number of nitrogens with zero attached hydrogens (tertiary/aromatic N) is 1. The molecule has 2 atom stereocenters. The van der Waals surface area contributed by atoms with Crippen LogP contribution in [0.5, 0.6) is 0 Å². The second kappa shape index (κ2) is 46.0. The summed E-state index contributed by atoms with van der Waals surface area (Å²) in [6, 6.07) is 0. The van der Waals surface area contributed by atoms with Gasteiger partial charge in [0.1, 0.15) is 19.3 Å². The average molecular weight is 888 g/mol. The number of quaternary nitrogens is 1. The van der Waals surface area contributed by atoms with Crippen molar-refractivity contribution < 1.29 is 37.3 Å². The zero-order valence-corrected chi connectivity index (χ0v) is 42.5. The second-order valence-corrected chi connectivity index (χ2v) is 21.0. The number of hydrogen-bond donors (Lipinski definition) is 0. The van der Waals surface area contributed by atoms with Gasteiger partial charge in [-0.25, -0.2) is 0 Å². The van der Waals surface area contributed by atoms with Crippen LogP contribution in [-0.2, 0) is 27.9 Å². The van der Waals surface area contributed by atoms with Crippen molar-refractivity contribution in [1.82, 2.24) is 0 Å². The molecule has 0 heterocycles. The Balaban J connectivity index is 3.96. The lowest BCUT2D eigenvalue weighted by molar-refractivity contribution is -0.870. The Labute approximate surface area is 380 Å². The first-order valence-electron chi connectivity index (χ1n) is 26.8. The third kappa shape index (κ3) is 50.4. The molecule has 0 radical (unpaired) electrons. The number of rotatable bonds is 51. The molecule has 0 aromatic carbocycles. The van der Waals surface area contributed by atoms with Crippen molar-refractivity contribution in [2.24, 2.45) is 0 Å². The minimum absolute atomic E-state index is 0.0316. The molecule has 0 aliphatic heterocycles. The summed E-state index contributed by atoms with van der Waals surface area (Å²) in [6.07, 6.45) is 51.4. The molecule has 0 amide bonds. The molecule has 0 aromatic rings. The van der Waals surface area contributed by atoms with Crippen LogP contribution in [0.1, 0.15) is 271 Å². The maximum atomic E-state index is 12.7. The predicted molar refractivity (Wildman–Crippen MR) is 259 cm³/mol. The molecule has 0 saturated heterocycles. The Kier molecular flexibility index (Phi) is 45.7. The highest BCUT2D eigenvalue weighted by Crippen LogP contribution is 2.38. The summed E-state index contributed by atoms with van der Waals surface area (Å²) in [5, 5.41) is 0. The maximum Gasteiger partial charge on any atom is 0.306 e. The molecule has 0 saturated carbocycles. The summed E-state index contributed by atoms with van der Waals surface area (Å²) in [5.74, 6) is -0.327. The lowest BCUT2D eigenvalue weighted by atomic mass is 10.0. The number of ether oxygens (including phenoxy) is 2. The fourth-order valence-corrected chi connectivity index (χ4v) is 8.75. The predicted octanol–water partition coefficient (Wildman–Crippen LogP) is 15.8. The Morgan fingerprint density at radius 3 is 1.08 bits per heavy atom. The summed E-state index contributed by atoms with van der Waals surface area (Å²) in [7, 11) is 1.38. The van der Waals surface area contributed by atoms with Crippen LogP contribution in [0.15, 0.2) is 0 Å². The van der Waals surface area contributed by atoms with Gasteiger partial charge in [0, 0.05) is 13.0 Å². The second-order valence-electron chi connectivity index (χ2n) is 19.6. The van der Waals surface area contributed by atoms with Crippen LogP contribution in [0.3, 0.4) is 0 Å². The van der Waals surface area contributed by atoms with Gasteiger partial charge in [0.15, 0.2) is 0 Å². The zero-order valence-electron chi connectivity index (χ0n) is 41.6. The van der Waals surface area contributed by atoms with Gasteiger partial charge in [0.2, 0.25) is 0 Å². The van der Waals surface area contributed by atoms with E-state index in [1.54, 1.807) is 0 Å². The molecular formula is C52H106NO7P. The number of unbranched alkanes of at least 4 members (excludes halogenated alkanes) is 37. The summed E-state index contributed by atoms with van der Waals surface area (Å²) < 4.78 is 34.7. The van der Waals surface area contributed by atoms with E-state index in [1.165, 1.54) is 218 Å². The first kappa shape index (κ1) is 60.5. The van der Waals surface area contributed by atoms with E-state index < -0.39 is 13.9 Å². The van der Waals surface area contributed by atoms with Crippen LogP contribution in [0.25, 0.3) is 0 Å². The van der Waals surface area contributed by atoms with Crippen molar-refractivity contribution in [1.29, 1.82) is 0 Å². The van der Waals surface area contributed by atoms with Gasteiger partial charge in [-0.15, -0.1) is 0 Å². The van der Waals surface area contributed by atoms with Crippen LogP contribution in [-0.4, -0.2) is 70.7 Å². The van der Waals surface area contributed by atoms with Crippen LogP contribution in [0, 0.1) is 0 Å². The van der Waals surface area contributed by atoms with E-state index in [0.29, 0.717) is 24.1 Å². The molecule has 9 heteroatoms. The first-order valence-corrected chi connectivity index (χ1v) is 28.2. The third-order valence-electron chi connectivity index (χ3n) is 12.2. The minimum atomic E-state index is -4.52. The van der Waals surface area contributed by atoms with Crippen molar-refractivity contribution in [2.45, 2.75) is 277 Å². The summed E-state index contributed by atoms with van der Waals surface area (Å²) >= 11 is 0. The number of carbonyl (C=O) groups is 1. The number of likely N-dealkylation sites (N-methyl/N-ethyl adjacent to an activating group) is 1. The first-order chi connectivity index (χ1) is 29.6. The monoisotopic (exact) mass is 888 g/mol. The molecule has 0 N–H and O–H groups in total. The molecule has 0 aliphatic carbocycles. The lowest BCUT2D eigenvalue weighted by Crippen LogP contribution is -2.37. The molecule has 8 nitrogen and oxygen atoms in total. The topological polar surface area (TPSA) is 94.1 Å². The largest absolute Gasteiger partial charge is 0.756 e. The highest BCUT2D eigenvalue weighted by Gasteiger charge is 2.20. The molecule has 2 unspecified atom stereocenters. The number of esters is 1. The zero-order chi connectivity index (χ0) is 44.8. The summed E-state index contributed by atoms with van der Waals surface area (Å²) in [4.78, 5) is 25.1. The Bertz CT molecular complexity index is 945. The van der Waals surface area contributed by atoms with Crippen molar-refractivity contribution in [3.05, 3.63) is 0 Å². The quantitative estimate of drug-likeness (QED) is 0.0260. The van der Waals surface area contributed by atoms with Gasteiger partial charge in [-0.3, -0.25) is 9.36 Å². The lowest BCUT2D eigenvalue weighted by Gasteiger charge is -2.28. The number of carbonyl (C=O) groups excluding carboxylic acids is 1. The Morgan fingerprint density at radius 1 is 0.443 bits per heavy atom. The minimum Gasteiger partial charge on any atom is -0.756 e. The molecule has 366 valence electrons. The number of hydrogen-bond acceptors (Lipinski definition) is 7. The Hall–Kier alpha value is -0.500. The third-order valence-corrected chi connectivity index (χ3v) is 13.1. The summed E-state index contributed by atoms with van der Waals surface area (Å²) in [6.45, 7) is 5.49. The van der Waals surface area contributed by atoms with E-state index in [4.69, 9.17) is 18.5 Å². The van der Waals surface area contributed by atoms with Crippen LogP contribution < -0.4 is 4.89 Å². The van der Waals surface area contributed by atoms with Crippen LogP contribution in [0.2, 0.25) is 0 Å². The maximum absolute atomic E-state index is 12.7. The van der Waals surface area contributed by atoms with Gasteiger partial charge in [0.25, 0.3) is 7.82 Å². The highest BCUT2D eigenvalue weighted by molar-refractivity contribution is 7.45. The molecule has 0 aliphatic rings. The van der Waals surface area contributed by atoms with E-state index in [2.05, 4.69) is 13.8 Å². The molecule has 61 heavy (non-hydrogen) atoms. The normalized spacial score (nSPS) is 13.5. The number of phosphoric acid groups is 1. The molecule has 0 bridgehead atoms. The summed E-state index contributed by atoms with van der Waals surface area (Å²) in [5.41, 5.74) is 0. The van der Waals surface area contributed by atoms with Crippen LogP contribution in [0.4, 0.5) is 0 Å². The van der Waals surface area contributed by atoms with E-state index in [9.17, 15) is 14.3 Å². The molecule has 0 rings (SSSR count). The van der Waals surface area contributed by atoms with Gasteiger partial charge < -0.3 is 27.9 Å². The SMILES string of the molecule is CCCCCCCCCCCCCCCCCCCCCCCCCCCCOCC(COP(=O)([O-])OCC[N+](C)(C)C)OC(=O)CCCCCCCCCCCCCCC. The van der Waals surface area contributed by atoms with E-state index in [-0.39, 0.29) is 25.8 Å². The Morgan fingerprint density at radius 2 is 0.754 bits per heavy atom. The van der Waals surface area contributed by atoms with Crippen LogP contribution >= 0.6 is 7.82 Å². The smallest absolute Gasteiger partial charge is 0.306 e. The van der Waals surface area contributed by atoms with Gasteiger partial charge in [-0.2, -0.15) is 0 Å². The van der Waals surface area contributed by atoms with Gasteiger partial charge in [-0.1, -0.05) is 251 Å². The van der Waals surface area contributed by atoms with Crippen molar-refractivity contribution >= 4 is 13.8 Å². The van der Waals surface area contributed by atoms with Crippen molar-refractivity contribution in [3.63, 3.8) is 0 Å². The van der Waals surface area contributed by atoms with Crippen molar-refractivity contribution in [3.8, 4) is 0 Å². The highest BCUT2D eigenvalue weighted by atomic mass is 31.2. The van der Waals surface area contributed by atoms with E-state index >= 15 is 0 Å². The standard InChI is InChI=1S/C52H106NO7P/c1-6-8-10-12-14-16-18-20-21-22-23-24-25-26-27-28-29-30-31-32-34-36-38-40-42-44-47-57-49-51(50-59-61(55,56)58-48-46-53(3,4)5)60-52(54)45-43-41-39-37-35-33-19-17-15-13-11-9-7-2/h51H,6-50H2,1-5H3. The fraction of sp³-hybridized carbons (Fsp3) is 0.981.